The number of para-hydroxylation sites is 1. The zero-order valence-corrected chi connectivity index (χ0v) is 15.2. The van der Waals surface area contributed by atoms with E-state index in [1.807, 2.05) is 0 Å². The highest BCUT2D eigenvalue weighted by Crippen LogP contribution is 2.45. The van der Waals surface area contributed by atoms with E-state index in [1.165, 1.54) is 65.4 Å². The fourth-order valence-corrected chi connectivity index (χ4v) is 5.34. The van der Waals surface area contributed by atoms with Gasteiger partial charge in [0.25, 0.3) is 0 Å². The van der Waals surface area contributed by atoms with Crippen molar-refractivity contribution in [1.29, 1.82) is 0 Å². The summed E-state index contributed by atoms with van der Waals surface area (Å²) in [4.78, 5) is 5.09. The Morgan fingerprint density at radius 3 is 2.80 bits per heavy atom. The SMILES string of the molecule is Cc1cc(C)c2c(c1)-c1cc(c3ccccc3n1)CC1CCCC2C1. The topological polar surface area (TPSA) is 12.9 Å². The quantitative estimate of drug-likeness (QED) is 0.469. The second-order valence-corrected chi connectivity index (χ2v) is 8.16. The molecule has 0 radical (unpaired) electrons. The van der Waals surface area contributed by atoms with Crippen LogP contribution in [0.25, 0.3) is 22.2 Å². The van der Waals surface area contributed by atoms with Crippen molar-refractivity contribution in [2.75, 3.05) is 0 Å². The van der Waals surface area contributed by atoms with E-state index in [-0.39, 0.29) is 0 Å². The molecule has 3 aromatic rings. The van der Waals surface area contributed by atoms with Crippen LogP contribution in [-0.2, 0) is 6.42 Å². The van der Waals surface area contributed by atoms with Crippen LogP contribution in [0.3, 0.4) is 0 Å². The largest absolute Gasteiger partial charge is 0.248 e. The van der Waals surface area contributed by atoms with Crippen molar-refractivity contribution >= 4 is 10.9 Å². The summed E-state index contributed by atoms with van der Waals surface area (Å²) in [6, 6.07) is 15.8. The predicted molar refractivity (Wildman–Crippen MR) is 105 cm³/mol. The highest BCUT2D eigenvalue weighted by Gasteiger charge is 2.29. The lowest BCUT2D eigenvalue weighted by Gasteiger charge is -2.31. The molecule has 1 aromatic heterocycles. The molecule has 2 atom stereocenters. The third kappa shape index (κ3) is 2.49. The zero-order chi connectivity index (χ0) is 17.0. The second kappa shape index (κ2) is 5.69. The molecule has 0 spiro atoms. The third-order valence-corrected chi connectivity index (χ3v) is 6.31. The van der Waals surface area contributed by atoms with Gasteiger partial charge >= 0.3 is 0 Å². The monoisotopic (exact) mass is 327 g/mol. The maximum Gasteiger partial charge on any atom is 0.0715 e. The molecule has 2 aromatic carbocycles. The van der Waals surface area contributed by atoms with E-state index < -0.39 is 0 Å². The minimum atomic E-state index is 0.702. The van der Waals surface area contributed by atoms with Crippen molar-refractivity contribution in [2.45, 2.75) is 51.9 Å². The molecule has 1 nitrogen and oxygen atoms in total. The molecule has 2 aliphatic rings. The third-order valence-electron chi connectivity index (χ3n) is 6.31. The fraction of sp³-hybridized carbons (Fsp3) is 0.375. The van der Waals surface area contributed by atoms with Crippen LogP contribution in [0.1, 0.15) is 53.9 Å². The molecule has 4 bridgehead atoms. The van der Waals surface area contributed by atoms with Gasteiger partial charge in [-0.25, -0.2) is 4.98 Å². The number of nitrogens with zero attached hydrogens (tertiary/aromatic N) is 1. The molecule has 1 heteroatoms. The first kappa shape index (κ1) is 15.1. The summed E-state index contributed by atoms with van der Waals surface area (Å²) >= 11 is 0. The average Bonchev–Trinajstić information content (AvgIpc) is 2.63. The molecule has 5 rings (SSSR count). The summed E-state index contributed by atoms with van der Waals surface area (Å²) in [5.74, 6) is 1.51. The van der Waals surface area contributed by atoms with Crippen LogP contribution >= 0.6 is 0 Å². The van der Waals surface area contributed by atoms with Gasteiger partial charge in [0.05, 0.1) is 11.2 Å². The van der Waals surface area contributed by atoms with Crippen molar-refractivity contribution < 1.29 is 0 Å². The maximum atomic E-state index is 5.09. The van der Waals surface area contributed by atoms with Crippen molar-refractivity contribution in [3.8, 4) is 11.3 Å². The first-order valence-corrected chi connectivity index (χ1v) is 9.69. The first-order valence-electron chi connectivity index (χ1n) is 9.69. The summed E-state index contributed by atoms with van der Waals surface area (Å²) in [6.45, 7) is 4.51. The summed E-state index contributed by atoms with van der Waals surface area (Å²) in [6.07, 6.45) is 6.62. The Morgan fingerprint density at radius 2 is 1.88 bits per heavy atom. The summed E-state index contributed by atoms with van der Waals surface area (Å²) in [5, 5.41) is 1.35. The normalized spacial score (nSPS) is 22.0. The molecule has 0 saturated heterocycles. The average molecular weight is 327 g/mol. The van der Waals surface area contributed by atoms with Crippen LogP contribution in [-0.4, -0.2) is 4.98 Å². The van der Waals surface area contributed by atoms with Crippen molar-refractivity contribution in [3.05, 3.63) is 64.7 Å². The van der Waals surface area contributed by atoms with Gasteiger partial charge in [0.1, 0.15) is 0 Å². The Hall–Kier alpha value is -2.15. The van der Waals surface area contributed by atoms with E-state index in [0.717, 1.165) is 11.4 Å². The van der Waals surface area contributed by atoms with Gasteiger partial charge in [0.15, 0.2) is 0 Å². The van der Waals surface area contributed by atoms with Crippen molar-refractivity contribution in [3.63, 3.8) is 0 Å². The van der Waals surface area contributed by atoms with E-state index in [0.29, 0.717) is 5.92 Å². The Labute approximate surface area is 150 Å². The first-order chi connectivity index (χ1) is 12.2. The van der Waals surface area contributed by atoms with Gasteiger partial charge < -0.3 is 0 Å². The van der Waals surface area contributed by atoms with E-state index in [1.54, 1.807) is 5.56 Å². The van der Waals surface area contributed by atoms with E-state index in [9.17, 15) is 0 Å². The second-order valence-electron chi connectivity index (χ2n) is 8.16. The standard InChI is InChI=1S/C24H25N/c1-15-10-16(2)24-18-7-5-6-17(12-18)13-19-14-23(21(24)11-15)25-22-9-4-3-8-20(19)22/h3-4,8-11,14,17-18H,5-7,12-13H2,1-2H3. The lowest BCUT2D eigenvalue weighted by Crippen LogP contribution is -2.17. The number of pyridine rings is 1. The smallest absolute Gasteiger partial charge is 0.0715 e. The molecule has 1 heterocycles. The lowest BCUT2D eigenvalue weighted by molar-refractivity contribution is 0.321. The molecule has 0 N–H and O–H groups in total. The Kier molecular flexibility index (Phi) is 3.45. The van der Waals surface area contributed by atoms with Gasteiger partial charge in [-0.3, -0.25) is 0 Å². The molecule has 1 saturated carbocycles. The Bertz CT molecular complexity index is 969. The van der Waals surface area contributed by atoms with Gasteiger partial charge in [0, 0.05) is 10.9 Å². The molecule has 2 aliphatic carbocycles. The lowest BCUT2D eigenvalue weighted by atomic mass is 9.74. The highest BCUT2D eigenvalue weighted by molar-refractivity contribution is 5.86. The van der Waals surface area contributed by atoms with Crippen LogP contribution < -0.4 is 0 Å². The number of rotatable bonds is 0. The Balaban J connectivity index is 1.86. The molecule has 2 unspecified atom stereocenters. The number of hydrogen-bond acceptors (Lipinski definition) is 1. The number of fused-ring (bicyclic) bond motifs is 9. The minimum Gasteiger partial charge on any atom is -0.248 e. The summed E-state index contributed by atoms with van der Waals surface area (Å²) in [5.41, 5.74) is 9.60. The van der Waals surface area contributed by atoms with E-state index >= 15 is 0 Å². The van der Waals surface area contributed by atoms with Crippen molar-refractivity contribution in [2.24, 2.45) is 5.92 Å². The van der Waals surface area contributed by atoms with Crippen LogP contribution in [0.15, 0.2) is 42.5 Å². The molecule has 0 amide bonds. The summed E-state index contributed by atoms with van der Waals surface area (Å²) in [7, 11) is 0. The summed E-state index contributed by atoms with van der Waals surface area (Å²) < 4.78 is 0. The van der Waals surface area contributed by atoms with Gasteiger partial charge in [-0.2, -0.15) is 0 Å². The number of aryl methyl sites for hydroxylation is 2. The number of benzene rings is 2. The van der Waals surface area contributed by atoms with Crippen molar-refractivity contribution in [1.82, 2.24) is 4.98 Å². The molecule has 1 fully saturated rings. The Morgan fingerprint density at radius 1 is 1.00 bits per heavy atom. The molecule has 0 aliphatic heterocycles. The van der Waals surface area contributed by atoms with E-state index in [4.69, 9.17) is 4.98 Å². The van der Waals surface area contributed by atoms with Gasteiger partial charge in [-0.1, -0.05) is 42.7 Å². The maximum absolute atomic E-state index is 5.09. The van der Waals surface area contributed by atoms with Gasteiger partial charge in [-0.15, -0.1) is 0 Å². The number of hydrogen-bond donors (Lipinski definition) is 0. The van der Waals surface area contributed by atoms with Crippen LogP contribution in [0.5, 0.6) is 0 Å². The van der Waals surface area contributed by atoms with Crippen LogP contribution in [0.4, 0.5) is 0 Å². The van der Waals surface area contributed by atoms with Crippen LogP contribution in [0.2, 0.25) is 0 Å². The fourth-order valence-electron chi connectivity index (χ4n) is 5.34. The minimum absolute atomic E-state index is 0.702. The predicted octanol–water partition coefficient (Wildman–Crippen LogP) is 6.35. The molecule has 25 heavy (non-hydrogen) atoms. The molecular weight excluding hydrogens is 302 g/mol. The number of aromatic nitrogens is 1. The van der Waals surface area contributed by atoms with Crippen LogP contribution in [0, 0.1) is 19.8 Å². The van der Waals surface area contributed by atoms with E-state index in [2.05, 4.69) is 56.3 Å². The van der Waals surface area contributed by atoms with Gasteiger partial charge in [-0.05, 0) is 79.8 Å². The highest BCUT2D eigenvalue weighted by atomic mass is 14.7. The molecular formula is C24H25N. The zero-order valence-electron chi connectivity index (χ0n) is 15.2. The van der Waals surface area contributed by atoms with Gasteiger partial charge in [0.2, 0.25) is 0 Å². The molecule has 126 valence electrons.